The molecule has 1 amide bonds. The molecule has 1 heterocycles. The number of amides is 1. The number of fused-ring (bicyclic) bond motifs is 2. The Morgan fingerprint density at radius 1 is 0.778 bits per heavy atom. The van der Waals surface area contributed by atoms with Crippen LogP contribution in [-0.4, -0.2) is 75.7 Å². The minimum atomic E-state index is -0.863. The van der Waals surface area contributed by atoms with Crippen molar-refractivity contribution >= 4 is 5.91 Å². The molecular formula is C28H39NO7. The smallest absolute Gasteiger partial charge is 0.248 e. The minimum Gasteiger partial charge on any atom is -0.487 e. The largest absolute Gasteiger partial charge is 0.487 e. The van der Waals surface area contributed by atoms with Gasteiger partial charge in [0.25, 0.3) is 0 Å². The van der Waals surface area contributed by atoms with Crippen molar-refractivity contribution in [2.75, 3.05) is 59.3 Å². The molecule has 0 aromatic heterocycles. The minimum absolute atomic E-state index is 0.0535. The third kappa shape index (κ3) is 8.03. The van der Waals surface area contributed by atoms with Crippen LogP contribution in [0.25, 0.3) is 0 Å². The van der Waals surface area contributed by atoms with Crippen LogP contribution in [0.15, 0.2) is 48.5 Å². The molecule has 8 heteroatoms. The summed E-state index contributed by atoms with van der Waals surface area (Å²) in [6.07, 6.45) is 1.46. The van der Waals surface area contributed by atoms with E-state index in [1.165, 1.54) is 0 Å². The molecule has 3 rings (SSSR count). The van der Waals surface area contributed by atoms with Crippen LogP contribution in [0.5, 0.6) is 23.0 Å². The van der Waals surface area contributed by atoms with Gasteiger partial charge in [0.05, 0.1) is 13.2 Å². The van der Waals surface area contributed by atoms with E-state index in [-0.39, 0.29) is 25.7 Å². The summed E-state index contributed by atoms with van der Waals surface area (Å²) in [5.41, 5.74) is -0.863. The number of hydrogen-bond acceptors (Lipinski definition) is 7. The first-order valence-corrected chi connectivity index (χ1v) is 12.8. The molecule has 36 heavy (non-hydrogen) atoms. The summed E-state index contributed by atoms with van der Waals surface area (Å²) >= 11 is 0. The molecule has 1 aliphatic heterocycles. The van der Waals surface area contributed by atoms with Gasteiger partial charge in [-0.1, -0.05) is 37.6 Å². The first kappa shape index (κ1) is 27.6. The highest BCUT2D eigenvalue weighted by atomic mass is 16.6. The number of carbonyl (C=O) groups is 1. The standard InChI is InChI=1S/C28H39NO7/c1-4-15-28(36-20-27(30)29(5-2)6-3)21-34-25-13-9-7-11-23(25)32-18-16-31-17-19-33-24-12-8-10-14-26(24)35-22-28/h7-14H,4-6,15-22H2,1-3H3. The Balaban J connectivity index is 1.88. The van der Waals surface area contributed by atoms with Crippen LogP contribution < -0.4 is 18.9 Å². The molecule has 0 unspecified atom stereocenters. The summed E-state index contributed by atoms with van der Waals surface area (Å²) in [7, 11) is 0. The van der Waals surface area contributed by atoms with Crippen molar-refractivity contribution in [2.45, 2.75) is 39.2 Å². The summed E-state index contributed by atoms with van der Waals surface area (Å²) in [4.78, 5) is 14.5. The van der Waals surface area contributed by atoms with Crippen molar-refractivity contribution in [1.29, 1.82) is 0 Å². The zero-order valence-corrected chi connectivity index (χ0v) is 21.7. The van der Waals surface area contributed by atoms with Crippen LogP contribution in [0.2, 0.25) is 0 Å². The molecule has 198 valence electrons. The van der Waals surface area contributed by atoms with Gasteiger partial charge < -0.3 is 33.3 Å². The fraction of sp³-hybridized carbons (Fsp3) is 0.536. The molecule has 2 aromatic rings. The number of likely N-dealkylation sites (N-methyl/N-ethyl adjacent to an activating group) is 1. The average molecular weight is 502 g/mol. The highest BCUT2D eigenvalue weighted by molar-refractivity contribution is 5.77. The molecule has 0 bridgehead atoms. The SMILES string of the molecule is CCCC1(OCC(=O)N(CC)CC)COc2ccccc2OCCOCCOc2ccccc2OC1. The average Bonchev–Trinajstić information content (AvgIpc) is 2.90. The lowest BCUT2D eigenvalue weighted by Crippen LogP contribution is -2.47. The number of hydrogen-bond donors (Lipinski definition) is 0. The number of para-hydroxylation sites is 4. The quantitative estimate of drug-likeness (QED) is 0.558. The molecule has 0 saturated heterocycles. The maximum absolute atomic E-state index is 12.8. The molecule has 0 aliphatic carbocycles. The topological polar surface area (TPSA) is 75.7 Å². The fourth-order valence-corrected chi connectivity index (χ4v) is 4.00. The monoisotopic (exact) mass is 501 g/mol. The van der Waals surface area contributed by atoms with E-state index < -0.39 is 5.60 Å². The van der Waals surface area contributed by atoms with Crippen LogP contribution >= 0.6 is 0 Å². The summed E-state index contributed by atoms with van der Waals surface area (Å²) in [6, 6.07) is 15.0. The zero-order chi connectivity index (χ0) is 25.6. The van der Waals surface area contributed by atoms with Crippen molar-refractivity contribution in [3.05, 3.63) is 48.5 Å². The first-order valence-electron chi connectivity index (χ1n) is 12.8. The van der Waals surface area contributed by atoms with E-state index in [1.807, 2.05) is 62.4 Å². The van der Waals surface area contributed by atoms with Crippen molar-refractivity contribution in [2.24, 2.45) is 0 Å². The van der Waals surface area contributed by atoms with Gasteiger partial charge in [-0.15, -0.1) is 0 Å². The van der Waals surface area contributed by atoms with Gasteiger partial charge in [0, 0.05) is 13.1 Å². The Kier molecular flexibility index (Phi) is 11.2. The van der Waals surface area contributed by atoms with Gasteiger partial charge in [0.1, 0.15) is 38.6 Å². The zero-order valence-electron chi connectivity index (χ0n) is 21.7. The highest BCUT2D eigenvalue weighted by Gasteiger charge is 2.35. The third-order valence-electron chi connectivity index (χ3n) is 5.97. The van der Waals surface area contributed by atoms with E-state index in [0.29, 0.717) is 68.9 Å². The van der Waals surface area contributed by atoms with Crippen LogP contribution in [0.1, 0.15) is 33.6 Å². The van der Waals surface area contributed by atoms with Gasteiger partial charge in [-0.3, -0.25) is 4.79 Å². The second kappa shape index (κ2) is 14.6. The Morgan fingerprint density at radius 3 is 1.69 bits per heavy atom. The molecule has 0 spiro atoms. The van der Waals surface area contributed by atoms with Crippen LogP contribution in [-0.2, 0) is 14.3 Å². The van der Waals surface area contributed by atoms with E-state index >= 15 is 0 Å². The van der Waals surface area contributed by atoms with Gasteiger partial charge in [-0.2, -0.15) is 0 Å². The predicted molar refractivity (Wildman–Crippen MR) is 137 cm³/mol. The van der Waals surface area contributed by atoms with Crippen molar-refractivity contribution in [1.82, 2.24) is 4.90 Å². The van der Waals surface area contributed by atoms with Gasteiger partial charge >= 0.3 is 0 Å². The molecule has 0 N–H and O–H groups in total. The van der Waals surface area contributed by atoms with Crippen LogP contribution in [0, 0.1) is 0 Å². The fourth-order valence-electron chi connectivity index (χ4n) is 4.00. The maximum Gasteiger partial charge on any atom is 0.248 e. The Labute approximate surface area is 214 Å². The summed E-state index contributed by atoms with van der Waals surface area (Å²) in [6.45, 7) is 9.19. The van der Waals surface area contributed by atoms with Gasteiger partial charge in [-0.25, -0.2) is 0 Å². The first-order chi connectivity index (χ1) is 17.6. The predicted octanol–water partition coefficient (Wildman–Crippen LogP) is 4.36. The van der Waals surface area contributed by atoms with Crippen molar-refractivity contribution in [3.63, 3.8) is 0 Å². The third-order valence-corrected chi connectivity index (χ3v) is 5.97. The highest BCUT2D eigenvalue weighted by Crippen LogP contribution is 2.32. The molecule has 0 saturated carbocycles. The summed E-state index contributed by atoms with van der Waals surface area (Å²) in [5, 5.41) is 0. The van der Waals surface area contributed by atoms with E-state index in [9.17, 15) is 4.79 Å². The number of nitrogens with zero attached hydrogens (tertiary/aromatic N) is 1. The van der Waals surface area contributed by atoms with E-state index in [1.54, 1.807) is 4.90 Å². The molecule has 8 nitrogen and oxygen atoms in total. The second-order valence-electron chi connectivity index (χ2n) is 8.57. The van der Waals surface area contributed by atoms with Crippen LogP contribution in [0.3, 0.4) is 0 Å². The normalized spacial score (nSPS) is 16.2. The van der Waals surface area contributed by atoms with E-state index in [4.69, 9.17) is 28.4 Å². The van der Waals surface area contributed by atoms with Gasteiger partial charge in [0.15, 0.2) is 23.0 Å². The maximum atomic E-state index is 12.8. The second-order valence-corrected chi connectivity index (χ2v) is 8.57. The Hall–Kier alpha value is -2.97. The van der Waals surface area contributed by atoms with Crippen molar-refractivity contribution in [3.8, 4) is 23.0 Å². The Morgan fingerprint density at radius 2 is 1.25 bits per heavy atom. The molecule has 2 aromatic carbocycles. The van der Waals surface area contributed by atoms with Crippen LogP contribution in [0.4, 0.5) is 0 Å². The summed E-state index contributed by atoms with van der Waals surface area (Å²) < 4.78 is 36.3. The molecule has 0 atom stereocenters. The number of benzene rings is 2. The molecular weight excluding hydrogens is 462 g/mol. The van der Waals surface area contributed by atoms with Crippen molar-refractivity contribution < 1.29 is 33.2 Å². The lowest BCUT2D eigenvalue weighted by molar-refractivity contribution is -0.150. The summed E-state index contributed by atoms with van der Waals surface area (Å²) in [5.74, 6) is 2.40. The van der Waals surface area contributed by atoms with E-state index in [0.717, 1.165) is 6.42 Å². The lowest BCUT2D eigenvalue weighted by atomic mass is 9.99. The number of carbonyl (C=O) groups excluding carboxylic acids is 1. The Bertz CT molecular complexity index is 876. The molecule has 0 fully saturated rings. The number of rotatable bonds is 7. The van der Waals surface area contributed by atoms with E-state index in [2.05, 4.69) is 6.92 Å². The number of ether oxygens (including phenoxy) is 6. The molecule has 0 radical (unpaired) electrons. The van der Waals surface area contributed by atoms with Gasteiger partial charge in [0.2, 0.25) is 5.91 Å². The molecule has 1 aliphatic rings. The van der Waals surface area contributed by atoms with Gasteiger partial charge in [-0.05, 0) is 44.5 Å². The lowest BCUT2D eigenvalue weighted by Gasteiger charge is -2.34.